The zero-order valence-electron chi connectivity index (χ0n) is 17.9. The van der Waals surface area contributed by atoms with E-state index in [2.05, 4.69) is 15.2 Å². The first-order valence-corrected chi connectivity index (χ1v) is 10.9. The third kappa shape index (κ3) is 3.76. The van der Waals surface area contributed by atoms with Crippen molar-refractivity contribution in [3.05, 3.63) is 59.8 Å². The van der Waals surface area contributed by atoms with Gasteiger partial charge in [0.05, 0.1) is 6.61 Å². The number of benzene rings is 2. The van der Waals surface area contributed by atoms with Crippen LogP contribution in [-0.4, -0.2) is 40.7 Å². The molecule has 0 spiro atoms. The number of rotatable bonds is 6. The molecule has 0 aliphatic carbocycles. The molecule has 7 nitrogen and oxygen atoms in total. The number of carbonyl (C=O) groups is 1. The highest BCUT2D eigenvalue weighted by Crippen LogP contribution is 2.36. The van der Waals surface area contributed by atoms with Gasteiger partial charge < -0.3 is 19.6 Å². The number of phenolic OH excluding ortho intramolecular Hbond substituents is 1. The molecule has 32 heavy (non-hydrogen) atoms. The molecule has 0 unspecified atom stereocenters. The second-order valence-corrected chi connectivity index (χ2v) is 8.00. The summed E-state index contributed by atoms with van der Waals surface area (Å²) >= 11 is 0. The van der Waals surface area contributed by atoms with Crippen LogP contribution in [0.3, 0.4) is 0 Å². The van der Waals surface area contributed by atoms with Crippen molar-refractivity contribution in [1.82, 2.24) is 9.88 Å². The predicted octanol–water partition coefficient (Wildman–Crippen LogP) is 5.20. The number of anilines is 2. The summed E-state index contributed by atoms with van der Waals surface area (Å²) in [4.78, 5) is 19.5. The number of hydrogen-bond donors (Lipinski definition) is 2. The second-order valence-electron chi connectivity index (χ2n) is 8.00. The number of esters is 1. The van der Waals surface area contributed by atoms with Gasteiger partial charge in [0.15, 0.2) is 5.58 Å². The van der Waals surface area contributed by atoms with Crippen LogP contribution in [-0.2, 0) is 11.3 Å². The lowest BCUT2D eigenvalue weighted by Gasteiger charge is -2.17. The minimum atomic E-state index is -0.471. The molecule has 2 N–H and O–H groups in total. The number of aromatic nitrogens is 1. The highest BCUT2D eigenvalue weighted by Gasteiger charge is 2.22. The van der Waals surface area contributed by atoms with Crippen LogP contribution in [0.4, 0.5) is 11.4 Å². The fraction of sp³-hybridized carbons (Fsp3) is 0.280. The Labute approximate surface area is 185 Å². The molecule has 5 rings (SSSR count). The summed E-state index contributed by atoms with van der Waals surface area (Å²) < 4.78 is 11.3. The topological polar surface area (TPSA) is 87.8 Å². The number of hydrogen-bond acceptors (Lipinski definition) is 7. The van der Waals surface area contributed by atoms with Crippen LogP contribution in [0, 0.1) is 0 Å². The van der Waals surface area contributed by atoms with E-state index in [0.717, 1.165) is 29.7 Å². The number of nitrogens with zero attached hydrogens (tertiary/aromatic N) is 2. The summed E-state index contributed by atoms with van der Waals surface area (Å²) in [5.74, 6) is -0.211. The zero-order valence-corrected chi connectivity index (χ0v) is 17.9. The first-order chi connectivity index (χ1) is 15.6. The Hall–Kier alpha value is -3.58. The predicted molar refractivity (Wildman–Crippen MR) is 123 cm³/mol. The van der Waals surface area contributed by atoms with Crippen molar-refractivity contribution >= 4 is 39.4 Å². The van der Waals surface area contributed by atoms with Crippen LogP contribution in [0.15, 0.2) is 53.1 Å². The van der Waals surface area contributed by atoms with Crippen LogP contribution < -0.4 is 5.32 Å². The molecule has 0 amide bonds. The van der Waals surface area contributed by atoms with E-state index in [9.17, 15) is 9.90 Å². The van der Waals surface area contributed by atoms with E-state index in [4.69, 9.17) is 9.15 Å². The van der Waals surface area contributed by atoms with Crippen molar-refractivity contribution in [1.29, 1.82) is 0 Å². The third-order valence-electron chi connectivity index (χ3n) is 5.83. The van der Waals surface area contributed by atoms with Crippen molar-refractivity contribution in [3.8, 4) is 5.75 Å². The smallest absolute Gasteiger partial charge is 0.341 e. The Kier molecular flexibility index (Phi) is 5.41. The zero-order chi connectivity index (χ0) is 22.1. The molecule has 1 fully saturated rings. The van der Waals surface area contributed by atoms with Gasteiger partial charge in [-0.2, -0.15) is 0 Å². The monoisotopic (exact) mass is 431 g/mol. The molecule has 0 bridgehead atoms. The fourth-order valence-electron chi connectivity index (χ4n) is 4.25. The Balaban J connectivity index is 1.59. The van der Waals surface area contributed by atoms with Gasteiger partial charge in [-0.1, -0.05) is 12.1 Å². The molecule has 1 aliphatic rings. The maximum atomic E-state index is 12.7. The van der Waals surface area contributed by atoms with Crippen LogP contribution in [0.25, 0.3) is 22.1 Å². The van der Waals surface area contributed by atoms with Crippen molar-refractivity contribution in [3.63, 3.8) is 0 Å². The summed E-state index contributed by atoms with van der Waals surface area (Å²) in [5.41, 5.74) is 4.24. The van der Waals surface area contributed by atoms with E-state index in [-0.39, 0.29) is 12.4 Å². The summed E-state index contributed by atoms with van der Waals surface area (Å²) in [7, 11) is 0. The van der Waals surface area contributed by atoms with Gasteiger partial charge >= 0.3 is 5.97 Å². The van der Waals surface area contributed by atoms with Gasteiger partial charge in [-0.15, -0.1) is 0 Å². The van der Waals surface area contributed by atoms with E-state index in [1.54, 1.807) is 19.1 Å². The normalized spacial score (nSPS) is 14.3. The fourth-order valence-corrected chi connectivity index (χ4v) is 4.25. The van der Waals surface area contributed by atoms with Gasteiger partial charge in [-0.3, -0.25) is 9.88 Å². The van der Waals surface area contributed by atoms with Crippen LogP contribution in [0.5, 0.6) is 5.75 Å². The lowest BCUT2D eigenvalue weighted by Crippen LogP contribution is -2.18. The van der Waals surface area contributed by atoms with Crippen LogP contribution in [0.1, 0.15) is 35.7 Å². The third-order valence-corrected chi connectivity index (χ3v) is 5.83. The van der Waals surface area contributed by atoms with Gasteiger partial charge in [0.2, 0.25) is 0 Å². The van der Waals surface area contributed by atoms with Crippen molar-refractivity contribution < 1.29 is 19.1 Å². The molecule has 0 saturated carbocycles. The first-order valence-electron chi connectivity index (χ1n) is 10.9. The maximum Gasteiger partial charge on any atom is 0.341 e. The van der Waals surface area contributed by atoms with Gasteiger partial charge in [0.1, 0.15) is 28.1 Å². The van der Waals surface area contributed by atoms with Gasteiger partial charge in [0.25, 0.3) is 0 Å². The van der Waals surface area contributed by atoms with Gasteiger partial charge in [0, 0.05) is 29.4 Å². The lowest BCUT2D eigenvalue weighted by molar-refractivity contribution is 0.0527. The molecule has 7 heteroatoms. The number of fused-ring (bicyclic) bond motifs is 3. The van der Waals surface area contributed by atoms with E-state index < -0.39 is 5.97 Å². The summed E-state index contributed by atoms with van der Waals surface area (Å²) in [6, 6.07) is 13.0. The van der Waals surface area contributed by atoms with E-state index in [1.165, 1.54) is 19.0 Å². The number of carbonyl (C=O) groups excluding carboxylic acids is 1. The number of ether oxygens (including phenoxy) is 1. The SMILES string of the molecule is CCOC(=O)c1cnc2c(oc3ccccc32)c1Nc1ccc(O)c(CN2CCCC2)c1. The Bertz CT molecular complexity index is 1290. The number of nitrogens with one attached hydrogen (secondary N) is 1. The van der Waals surface area contributed by atoms with E-state index in [0.29, 0.717) is 34.5 Å². The number of para-hydroxylation sites is 1. The molecule has 2 aromatic carbocycles. The average molecular weight is 431 g/mol. The quantitative estimate of drug-likeness (QED) is 0.320. The lowest BCUT2D eigenvalue weighted by atomic mass is 10.1. The van der Waals surface area contributed by atoms with E-state index in [1.807, 2.05) is 30.3 Å². The minimum Gasteiger partial charge on any atom is -0.508 e. The molecule has 164 valence electrons. The molecule has 4 aromatic rings. The number of pyridine rings is 1. The molecule has 3 heterocycles. The molecule has 0 atom stereocenters. The maximum absolute atomic E-state index is 12.7. The van der Waals surface area contributed by atoms with Crippen LogP contribution in [0.2, 0.25) is 0 Å². The highest BCUT2D eigenvalue weighted by molar-refractivity contribution is 6.11. The van der Waals surface area contributed by atoms with E-state index >= 15 is 0 Å². The standard InChI is InChI=1S/C25H25N3O4/c1-2-31-25(30)19-14-26-22-18-7-3-4-8-21(18)32-24(22)23(19)27-17-9-10-20(29)16(13-17)15-28-11-5-6-12-28/h3-4,7-10,13-14,29H,2,5-6,11-12,15H2,1H3,(H,26,27). The molecule has 1 aliphatic heterocycles. The minimum absolute atomic E-state index is 0.260. The Morgan fingerprint density at radius 2 is 2.03 bits per heavy atom. The molecular weight excluding hydrogens is 406 g/mol. The number of aromatic hydroxyl groups is 1. The summed E-state index contributed by atoms with van der Waals surface area (Å²) in [5, 5.41) is 14.6. The highest BCUT2D eigenvalue weighted by atomic mass is 16.5. The van der Waals surface area contributed by atoms with Crippen molar-refractivity contribution in [2.75, 3.05) is 25.0 Å². The number of likely N-dealkylation sites (tertiary alicyclic amines) is 1. The van der Waals surface area contributed by atoms with Gasteiger partial charge in [-0.25, -0.2) is 4.79 Å². The second kappa shape index (κ2) is 8.51. The summed E-state index contributed by atoms with van der Waals surface area (Å²) in [6.07, 6.45) is 3.89. The average Bonchev–Trinajstić information content (AvgIpc) is 3.44. The number of furan rings is 1. The largest absolute Gasteiger partial charge is 0.508 e. The van der Waals surface area contributed by atoms with Crippen molar-refractivity contribution in [2.24, 2.45) is 0 Å². The molecular formula is C25H25N3O4. The Morgan fingerprint density at radius 3 is 2.84 bits per heavy atom. The molecule has 0 radical (unpaired) electrons. The summed E-state index contributed by atoms with van der Waals surface area (Å²) in [6.45, 7) is 4.78. The molecule has 2 aromatic heterocycles. The number of phenols is 1. The Morgan fingerprint density at radius 1 is 1.22 bits per heavy atom. The van der Waals surface area contributed by atoms with Crippen LogP contribution >= 0.6 is 0 Å². The van der Waals surface area contributed by atoms with Gasteiger partial charge in [-0.05, 0) is 63.2 Å². The van der Waals surface area contributed by atoms with Crippen molar-refractivity contribution in [2.45, 2.75) is 26.3 Å². The first kappa shape index (κ1) is 20.3. The molecule has 1 saturated heterocycles.